The van der Waals surface area contributed by atoms with Crippen molar-refractivity contribution in [2.45, 2.75) is 33.5 Å². The Morgan fingerprint density at radius 1 is 1.16 bits per heavy atom. The molecule has 0 atom stereocenters. The van der Waals surface area contributed by atoms with E-state index in [-0.39, 0.29) is 24.9 Å². The van der Waals surface area contributed by atoms with E-state index in [1.54, 1.807) is 28.8 Å². The lowest BCUT2D eigenvalue weighted by Gasteiger charge is -2.08. The van der Waals surface area contributed by atoms with Crippen LogP contribution < -0.4 is 10.6 Å². The number of anilines is 1. The summed E-state index contributed by atoms with van der Waals surface area (Å²) in [6.07, 6.45) is 0. The fourth-order valence-electron chi connectivity index (χ4n) is 3.04. The molecule has 0 aliphatic heterocycles. The maximum atomic E-state index is 12.5. The highest BCUT2D eigenvalue weighted by Crippen LogP contribution is 2.25. The highest BCUT2D eigenvalue weighted by molar-refractivity contribution is 7.71. The smallest absolute Gasteiger partial charge is 0.251 e. The molecule has 0 aliphatic carbocycles. The van der Waals surface area contributed by atoms with E-state index in [0.29, 0.717) is 38.4 Å². The van der Waals surface area contributed by atoms with Crippen LogP contribution >= 0.6 is 35.4 Å². The number of hydrogen-bond donors (Lipinski definition) is 2. The van der Waals surface area contributed by atoms with Gasteiger partial charge in [-0.25, -0.2) is 4.68 Å². The second-order valence-corrected chi connectivity index (χ2v) is 7.98. The van der Waals surface area contributed by atoms with E-state index in [1.165, 1.54) is 4.68 Å². The number of hydrogen-bond acceptors (Lipinski definition) is 4. The van der Waals surface area contributed by atoms with Gasteiger partial charge in [-0.3, -0.25) is 9.59 Å². The normalized spacial score (nSPS) is 10.7. The van der Waals surface area contributed by atoms with Crippen molar-refractivity contribution in [3.63, 3.8) is 0 Å². The summed E-state index contributed by atoms with van der Waals surface area (Å²) in [5, 5.41) is 10.8. The Hall–Kier alpha value is -2.68. The summed E-state index contributed by atoms with van der Waals surface area (Å²) in [6, 6.07) is 12.1. The minimum Gasteiger partial charge on any atom is -0.345 e. The van der Waals surface area contributed by atoms with E-state index in [0.717, 1.165) is 5.56 Å². The summed E-state index contributed by atoms with van der Waals surface area (Å²) in [7, 11) is 0. The van der Waals surface area contributed by atoms with Crippen LogP contribution in [0.2, 0.25) is 10.0 Å². The van der Waals surface area contributed by atoms with Crippen molar-refractivity contribution >= 4 is 52.9 Å². The number of carbonyl (C=O) groups is 2. The van der Waals surface area contributed by atoms with Crippen molar-refractivity contribution in [3.8, 4) is 0 Å². The first-order chi connectivity index (χ1) is 14.8. The fourth-order valence-corrected chi connectivity index (χ4v) is 3.72. The first-order valence-electron chi connectivity index (χ1n) is 9.55. The number of benzene rings is 2. The third kappa shape index (κ3) is 5.52. The first kappa shape index (κ1) is 23.0. The van der Waals surface area contributed by atoms with Crippen LogP contribution in [0.4, 0.5) is 5.69 Å². The second kappa shape index (κ2) is 10.1. The average molecular weight is 478 g/mol. The summed E-state index contributed by atoms with van der Waals surface area (Å²) in [5.74, 6) is 0.00843. The van der Waals surface area contributed by atoms with Gasteiger partial charge in [-0.2, -0.15) is 5.10 Å². The van der Waals surface area contributed by atoms with E-state index in [2.05, 4.69) is 15.7 Å². The van der Waals surface area contributed by atoms with Crippen LogP contribution in [-0.2, 0) is 24.4 Å². The molecule has 0 unspecified atom stereocenters. The number of nitrogens with zero attached hydrogens (tertiary/aromatic N) is 3. The Balaban J connectivity index is 1.72. The minimum absolute atomic E-state index is 0.104. The van der Waals surface area contributed by atoms with Gasteiger partial charge in [0.1, 0.15) is 6.54 Å². The molecule has 2 amide bonds. The van der Waals surface area contributed by atoms with Gasteiger partial charge in [0.2, 0.25) is 5.91 Å². The molecule has 0 saturated carbocycles. The highest BCUT2D eigenvalue weighted by Gasteiger charge is 2.15. The van der Waals surface area contributed by atoms with Crippen molar-refractivity contribution in [1.82, 2.24) is 19.7 Å². The predicted octanol–water partition coefficient (Wildman–Crippen LogP) is 4.62. The first-order valence-corrected chi connectivity index (χ1v) is 10.7. The van der Waals surface area contributed by atoms with Crippen LogP contribution in [0.1, 0.15) is 28.7 Å². The monoisotopic (exact) mass is 477 g/mol. The summed E-state index contributed by atoms with van der Waals surface area (Å²) in [5.41, 5.74) is 1.89. The van der Waals surface area contributed by atoms with Gasteiger partial charge in [-0.15, -0.1) is 0 Å². The van der Waals surface area contributed by atoms with Crippen LogP contribution in [0.15, 0.2) is 42.5 Å². The molecule has 3 rings (SSSR count). The van der Waals surface area contributed by atoms with Crippen molar-refractivity contribution < 1.29 is 9.59 Å². The van der Waals surface area contributed by atoms with Gasteiger partial charge in [0.05, 0.1) is 17.3 Å². The number of aryl methyl sites for hydroxylation is 1. The molecule has 3 aromatic rings. The lowest BCUT2D eigenvalue weighted by molar-refractivity contribution is -0.116. The van der Waals surface area contributed by atoms with Gasteiger partial charge in [0.15, 0.2) is 10.6 Å². The summed E-state index contributed by atoms with van der Waals surface area (Å²) in [6.45, 7) is 4.42. The molecule has 1 aromatic heterocycles. The second-order valence-electron chi connectivity index (χ2n) is 6.77. The van der Waals surface area contributed by atoms with Gasteiger partial charge in [0.25, 0.3) is 5.91 Å². The molecule has 7 nitrogen and oxygen atoms in total. The predicted molar refractivity (Wildman–Crippen MR) is 124 cm³/mol. The third-order valence-electron chi connectivity index (χ3n) is 4.61. The average Bonchev–Trinajstić information content (AvgIpc) is 3.03. The Morgan fingerprint density at radius 2 is 1.90 bits per heavy atom. The molecule has 10 heteroatoms. The van der Waals surface area contributed by atoms with E-state index in [1.807, 2.05) is 32.0 Å². The molecule has 2 N–H and O–H groups in total. The number of nitrogens with one attached hydrogen (secondary N) is 2. The number of amides is 2. The summed E-state index contributed by atoms with van der Waals surface area (Å²) < 4.78 is 3.57. The molecule has 1 heterocycles. The summed E-state index contributed by atoms with van der Waals surface area (Å²) >= 11 is 17.5. The van der Waals surface area contributed by atoms with Crippen LogP contribution in [0.3, 0.4) is 0 Å². The van der Waals surface area contributed by atoms with Gasteiger partial charge in [0, 0.05) is 17.1 Å². The molecule has 31 heavy (non-hydrogen) atoms. The third-order valence-corrected chi connectivity index (χ3v) is 5.60. The Labute approximate surface area is 195 Å². The number of halogens is 2. The van der Waals surface area contributed by atoms with Crippen molar-refractivity contribution in [3.05, 3.63) is 74.2 Å². The maximum Gasteiger partial charge on any atom is 0.251 e. The van der Waals surface area contributed by atoms with Gasteiger partial charge < -0.3 is 15.2 Å². The molecule has 0 fully saturated rings. The molecule has 162 valence electrons. The van der Waals surface area contributed by atoms with E-state index in [4.69, 9.17) is 35.4 Å². The van der Waals surface area contributed by atoms with E-state index in [9.17, 15) is 9.59 Å². The molecular formula is C21H21Cl2N5O2S. The topological polar surface area (TPSA) is 81.0 Å². The van der Waals surface area contributed by atoms with E-state index >= 15 is 0 Å². The lowest BCUT2D eigenvalue weighted by Crippen LogP contribution is -2.25. The maximum absolute atomic E-state index is 12.5. The van der Waals surface area contributed by atoms with Crippen LogP contribution in [0.25, 0.3) is 0 Å². The Bertz CT molecular complexity index is 1190. The van der Waals surface area contributed by atoms with Gasteiger partial charge in [-0.1, -0.05) is 41.4 Å². The van der Waals surface area contributed by atoms with Gasteiger partial charge >= 0.3 is 0 Å². The highest BCUT2D eigenvalue weighted by atomic mass is 35.5. The zero-order valence-electron chi connectivity index (χ0n) is 17.0. The Morgan fingerprint density at radius 3 is 2.61 bits per heavy atom. The zero-order chi connectivity index (χ0) is 22.5. The molecule has 0 aliphatic rings. The number of carbonyl (C=O) groups excluding carboxylic acids is 2. The van der Waals surface area contributed by atoms with Crippen molar-refractivity contribution in [1.29, 1.82) is 0 Å². The summed E-state index contributed by atoms with van der Waals surface area (Å²) in [4.78, 5) is 25.0. The molecule has 0 radical (unpaired) electrons. The van der Waals surface area contributed by atoms with Crippen LogP contribution in [-0.4, -0.2) is 26.2 Å². The van der Waals surface area contributed by atoms with Crippen molar-refractivity contribution in [2.75, 3.05) is 5.32 Å². The Kier molecular flexibility index (Phi) is 7.48. The standard InChI is InChI=1S/C21H21Cl2N5O2S/c1-3-27-18(11-24-20(30)15-7-5-4-6-13(15)2)26-28(21(27)31)12-19(29)25-17-10-14(22)8-9-16(17)23/h4-10H,3,11-12H2,1-2H3,(H,24,30)(H,25,29). The zero-order valence-corrected chi connectivity index (χ0v) is 19.3. The molecule has 0 saturated heterocycles. The number of aromatic nitrogens is 3. The molecular weight excluding hydrogens is 457 g/mol. The fraction of sp³-hybridized carbons (Fsp3) is 0.238. The molecule has 0 bridgehead atoms. The SMILES string of the molecule is CCn1c(CNC(=O)c2ccccc2C)nn(CC(=O)Nc2cc(Cl)ccc2Cl)c1=S. The van der Waals surface area contributed by atoms with E-state index < -0.39 is 0 Å². The minimum atomic E-state index is -0.350. The van der Waals surface area contributed by atoms with Crippen LogP contribution in [0, 0.1) is 11.7 Å². The van der Waals surface area contributed by atoms with Crippen LogP contribution in [0.5, 0.6) is 0 Å². The lowest BCUT2D eigenvalue weighted by atomic mass is 10.1. The van der Waals surface area contributed by atoms with Crippen molar-refractivity contribution in [2.24, 2.45) is 0 Å². The van der Waals surface area contributed by atoms with Gasteiger partial charge in [-0.05, 0) is 55.9 Å². The molecule has 2 aromatic carbocycles. The quantitative estimate of drug-likeness (QED) is 0.486. The largest absolute Gasteiger partial charge is 0.345 e. The number of rotatable bonds is 7. The molecule has 0 spiro atoms.